The van der Waals surface area contributed by atoms with Crippen molar-refractivity contribution >= 4 is 29.5 Å². The molecule has 168 valence electrons. The molecule has 0 amide bonds. The van der Waals surface area contributed by atoms with E-state index in [2.05, 4.69) is 5.32 Å². The molecule has 2 rings (SSSR count). The number of methoxy groups -OCH3 is 1. The molecule has 0 heterocycles. The van der Waals surface area contributed by atoms with E-state index in [0.717, 1.165) is 6.07 Å². The number of hydrogen-bond acceptors (Lipinski definition) is 9. The van der Waals surface area contributed by atoms with Crippen LogP contribution in [-0.4, -0.2) is 52.9 Å². The van der Waals surface area contributed by atoms with Crippen molar-refractivity contribution in [3.8, 4) is 28.7 Å². The van der Waals surface area contributed by atoms with E-state index >= 15 is 0 Å². The number of carbonyl (C=O) groups is 2. The van der Waals surface area contributed by atoms with E-state index in [0.29, 0.717) is 6.29 Å². The van der Waals surface area contributed by atoms with E-state index in [-0.39, 0.29) is 63.9 Å². The molecule has 0 radical (unpaired) electrons. The first-order chi connectivity index (χ1) is 14.7. The Labute approximate surface area is 183 Å². The van der Waals surface area contributed by atoms with Gasteiger partial charge in [-0.3, -0.25) is 0 Å². The summed E-state index contributed by atoms with van der Waals surface area (Å²) in [6.07, 6.45) is -0.217. The van der Waals surface area contributed by atoms with Crippen molar-refractivity contribution in [1.29, 1.82) is 0 Å². The van der Waals surface area contributed by atoms with Gasteiger partial charge in [-0.25, -0.2) is 4.79 Å². The first kappa shape index (κ1) is 23.9. The third-order valence-corrected chi connectivity index (χ3v) is 5.06. The van der Waals surface area contributed by atoms with Gasteiger partial charge >= 0.3 is 5.97 Å². The molecule has 5 N–H and O–H groups in total. The highest BCUT2D eigenvalue weighted by molar-refractivity contribution is 6.33. The molecule has 2 aromatic rings. The summed E-state index contributed by atoms with van der Waals surface area (Å²) in [5.41, 5.74) is 0.283. The number of nitrogens with one attached hydrogen (secondary N) is 1. The summed E-state index contributed by atoms with van der Waals surface area (Å²) in [6.45, 7) is 1.55. The molecule has 1 unspecified atom stereocenters. The van der Waals surface area contributed by atoms with Crippen LogP contribution in [0, 0.1) is 0 Å². The first-order valence-corrected chi connectivity index (χ1v) is 9.71. The molecule has 0 fully saturated rings. The molecule has 0 aliphatic rings. The third-order valence-electron chi connectivity index (χ3n) is 4.64. The van der Waals surface area contributed by atoms with Crippen LogP contribution in [0.1, 0.15) is 34.8 Å². The normalized spacial score (nSPS) is 11.6. The number of halogens is 1. The predicted molar refractivity (Wildman–Crippen MR) is 114 cm³/mol. The molecule has 1 atom stereocenters. The highest BCUT2D eigenvalue weighted by atomic mass is 35.5. The number of carbonyl (C=O) groups excluding carboxylic acids is 2. The molecule has 0 saturated carbocycles. The monoisotopic (exact) mass is 453 g/mol. The second-order valence-corrected chi connectivity index (χ2v) is 7.14. The van der Waals surface area contributed by atoms with Gasteiger partial charge in [0.05, 0.1) is 17.8 Å². The smallest absolute Gasteiger partial charge is 0.342 e. The van der Waals surface area contributed by atoms with Crippen LogP contribution in [0.25, 0.3) is 0 Å². The third kappa shape index (κ3) is 5.05. The Morgan fingerprint density at radius 1 is 1.16 bits per heavy atom. The van der Waals surface area contributed by atoms with Crippen molar-refractivity contribution in [3.63, 3.8) is 0 Å². The van der Waals surface area contributed by atoms with E-state index in [9.17, 15) is 30.0 Å². The molecule has 0 aliphatic carbocycles. The average Bonchev–Trinajstić information content (AvgIpc) is 2.71. The number of aldehydes is 1. The van der Waals surface area contributed by atoms with Crippen LogP contribution in [0.2, 0.25) is 5.02 Å². The summed E-state index contributed by atoms with van der Waals surface area (Å²) >= 11 is 6.06. The minimum atomic E-state index is -0.930. The summed E-state index contributed by atoms with van der Waals surface area (Å²) in [5, 5.41) is 43.2. The number of rotatable bonds is 9. The molecule has 2 aromatic carbocycles. The van der Waals surface area contributed by atoms with E-state index < -0.39 is 23.6 Å². The number of anilines is 1. The van der Waals surface area contributed by atoms with Gasteiger partial charge in [0.25, 0.3) is 0 Å². The van der Waals surface area contributed by atoms with Gasteiger partial charge in [0, 0.05) is 37.6 Å². The highest BCUT2D eigenvalue weighted by Gasteiger charge is 2.26. The van der Waals surface area contributed by atoms with E-state index in [4.69, 9.17) is 21.1 Å². The quantitative estimate of drug-likeness (QED) is 0.167. The van der Waals surface area contributed by atoms with Crippen molar-refractivity contribution in [2.24, 2.45) is 0 Å². The fourth-order valence-corrected chi connectivity index (χ4v) is 3.47. The van der Waals surface area contributed by atoms with Crippen LogP contribution in [0.5, 0.6) is 28.7 Å². The number of ether oxygens (including phenoxy) is 2. The largest absolute Gasteiger partial charge is 0.507 e. The number of esters is 1. The lowest BCUT2D eigenvalue weighted by Gasteiger charge is -2.20. The second-order valence-electron chi connectivity index (χ2n) is 6.76. The van der Waals surface area contributed by atoms with Gasteiger partial charge in [0.15, 0.2) is 11.5 Å². The molecule has 31 heavy (non-hydrogen) atoms. The topological polar surface area (TPSA) is 146 Å². The summed E-state index contributed by atoms with van der Waals surface area (Å²) < 4.78 is 10.6. The molecular formula is C21H24ClNO8. The van der Waals surface area contributed by atoms with Gasteiger partial charge in [-0.15, -0.1) is 0 Å². The van der Waals surface area contributed by atoms with Crippen molar-refractivity contribution in [2.75, 3.05) is 19.5 Å². The van der Waals surface area contributed by atoms with Crippen LogP contribution >= 0.6 is 11.6 Å². The van der Waals surface area contributed by atoms with Crippen molar-refractivity contribution in [3.05, 3.63) is 33.8 Å². The average molecular weight is 454 g/mol. The van der Waals surface area contributed by atoms with Crippen LogP contribution in [0.4, 0.5) is 5.69 Å². The molecule has 0 spiro atoms. The molecule has 0 aromatic heterocycles. The van der Waals surface area contributed by atoms with E-state index in [1.165, 1.54) is 13.2 Å². The number of hydrogen-bond donors (Lipinski definition) is 5. The van der Waals surface area contributed by atoms with Crippen molar-refractivity contribution in [2.45, 2.75) is 32.3 Å². The molecule has 0 saturated heterocycles. The minimum Gasteiger partial charge on any atom is -0.507 e. The molecule has 0 bridgehead atoms. The molecule has 9 nitrogen and oxygen atoms in total. The van der Waals surface area contributed by atoms with Gasteiger partial charge < -0.3 is 40.0 Å². The Balaban J connectivity index is 2.35. The van der Waals surface area contributed by atoms with Gasteiger partial charge in [-0.05, 0) is 18.9 Å². The standard InChI is InChI=1S/C21H24ClNO8/c1-10(7-12-19(28)13(23-2)8-16(27)20(12)30-3)31-21(29)17-11(5-4-6-24)18(22)15(26)9-14(17)25/h6,8-10,23,25-28H,4-5,7H2,1-3H3. The fraction of sp³-hybridized carbons (Fsp3) is 0.333. The van der Waals surface area contributed by atoms with Crippen LogP contribution < -0.4 is 10.1 Å². The highest BCUT2D eigenvalue weighted by Crippen LogP contribution is 2.43. The lowest BCUT2D eigenvalue weighted by atomic mass is 10.0. The summed E-state index contributed by atoms with van der Waals surface area (Å²) in [5.74, 6) is -2.27. The SMILES string of the molecule is CNc1cc(O)c(OC)c(CC(C)OC(=O)c2c(O)cc(O)c(Cl)c2CCC=O)c1O. The fourth-order valence-electron chi connectivity index (χ4n) is 3.22. The summed E-state index contributed by atoms with van der Waals surface area (Å²) in [4.78, 5) is 23.5. The minimum absolute atomic E-state index is 0.00973. The first-order valence-electron chi connectivity index (χ1n) is 9.33. The lowest BCUT2D eigenvalue weighted by Crippen LogP contribution is -2.19. The Hall–Kier alpha value is -3.33. The lowest BCUT2D eigenvalue weighted by molar-refractivity contribution is -0.107. The zero-order valence-corrected chi connectivity index (χ0v) is 18.0. The Bertz CT molecular complexity index is 992. The molecular weight excluding hydrogens is 430 g/mol. The molecule has 0 aliphatic heterocycles. The number of aromatic hydroxyl groups is 4. The zero-order chi connectivity index (χ0) is 23.3. The summed E-state index contributed by atoms with van der Waals surface area (Å²) in [7, 11) is 2.88. The number of phenols is 4. The predicted octanol–water partition coefficient (Wildman–Crippen LogP) is 3.13. The van der Waals surface area contributed by atoms with Gasteiger partial charge in [0.1, 0.15) is 35.2 Å². The number of phenolic OH excluding ortho intramolecular Hbond substituents is 4. The molecule has 10 heteroatoms. The van der Waals surface area contributed by atoms with Crippen LogP contribution in [0.15, 0.2) is 12.1 Å². The van der Waals surface area contributed by atoms with E-state index in [1.54, 1.807) is 14.0 Å². The maximum atomic E-state index is 12.8. The van der Waals surface area contributed by atoms with Crippen LogP contribution in [-0.2, 0) is 22.4 Å². The second kappa shape index (κ2) is 10.1. The zero-order valence-electron chi connectivity index (χ0n) is 17.2. The van der Waals surface area contributed by atoms with Gasteiger partial charge in [0.2, 0.25) is 0 Å². The maximum Gasteiger partial charge on any atom is 0.342 e. The Morgan fingerprint density at radius 3 is 2.42 bits per heavy atom. The Kier molecular flexibility index (Phi) is 7.82. The van der Waals surface area contributed by atoms with Crippen molar-refractivity contribution < 1.29 is 39.5 Å². The van der Waals surface area contributed by atoms with Crippen molar-refractivity contribution in [1.82, 2.24) is 0 Å². The summed E-state index contributed by atoms with van der Waals surface area (Å²) in [6, 6.07) is 2.21. The maximum absolute atomic E-state index is 12.8. The van der Waals surface area contributed by atoms with E-state index in [1.807, 2.05) is 0 Å². The van der Waals surface area contributed by atoms with Gasteiger partial charge in [-0.2, -0.15) is 0 Å². The van der Waals surface area contributed by atoms with Crippen LogP contribution in [0.3, 0.4) is 0 Å². The van der Waals surface area contributed by atoms with Gasteiger partial charge in [-0.1, -0.05) is 11.6 Å². The number of benzene rings is 2. The Morgan fingerprint density at radius 2 is 1.84 bits per heavy atom.